The van der Waals surface area contributed by atoms with E-state index < -0.39 is 0 Å². The molecule has 0 fully saturated rings. The van der Waals surface area contributed by atoms with Crippen LogP contribution < -0.4 is 5.32 Å². The van der Waals surface area contributed by atoms with Crippen molar-refractivity contribution in [2.45, 2.75) is 30.8 Å². The number of amides is 2. The molecule has 0 spiro atoms. The third kappa shape index (κ3) is 4.65. The number of carbonyl (C=O) groups excluding carboxylic acids is 1. The molecule has 1 aliphatic rings. The molecule has 4 rings (SSSR count). The second kappa shape index (κ2) is 10.1. The fraction of sp³-hybridized carbons (Fsp3) is 0.320. The summed E-state index contributed by atoms with van der Waals surface area (Å²) in [5.74, 6) is 0. The third-order valence-corrected chi connectivity index (χ3v) is 6.35. The zero-order chi connectivity index (χ0) is 21.6. The van der Waals surface area contributed by atoms with E-state index in [9.17, 15) is 4.79 Å². The van der Waals surface area contributed by atoms with Crippen LogP contribution >= 0.6 is 11.8 Å². The second-order valence-corrected chi connectivity index (χ2v) is 8.40. The summed E-state index contributed by atoms with van der Waals surface area (Å²) in [5.41, 5.74) is 4.45. The zero-order valence-corrected chi connectivity index (χ0v) is 18.9. The van der Waals surface area contributed by atoms with Crippen LogP contribution in [0.2, 0.25) is 0 Å². The average Bonchev–Trinajstić information content (AvgIpc) is 3.23. The van der Waals surface area contributed by atoms with Crippen molar-refractivity contribution in [3.8, 4) is 5.69 Å². The van der Waals surface area contributed by atoms with E-state index in [1.807, 2.05) is 24.0 Å². The van der Waals surface area contributed by atoms with Gasteiger partial charge in [0.25, 0.3) is 0 Å². The van der Waals surface area contributed by atoms with Crippen LogP contribution in [-0.4, -0.2) is 41.5 Å². The first-order valence-corrected chi connectivity index (χ1v) is 12.0. The van der Waals surface area contributed by atoms with E-state index in [0.717, 1.165) is 28.9 Å². The molecule has 2 amide bonds. The number of nitrogens with one attached hydrogen (secondary N) is 1. The predicted molar refractivity (Wildman–Crippen MR) is 126 cm³/mol. The lowest BCUT2D eigenvalue weighted by Crippen LogP contribution is -2.42. The molecule has 5 nitrogen and oxygen atoms in total. The summed E-state index contributed by atoms with van der Waals surface area (Å²) in [5, 5.41) is 3.11. The van der Waals surface area contributed by atoms with E-state index >= 15 is 0 Å². The van der Waals surface area contributed by atoms with Gasteiger partial charge in [-0.25, -0.2) is 4.79 Å². The molecule has 0 aliphatic carbocycles. The normalized spacial score (nSPS) is 15.2. The van der Waals surface area contributed by atoms with Gasteiger partial charge in [-0.3, -0.25) is 0 Å². The van der Waals surface area contributed by atoms with Gasteiger partial charge in [-0.2, -0.15) is 0 Å². The molecule has 1 N–H and O–H groups in total. The minimum absolute atomic E-state index is 0.0557. The number of thioether (sulfide) groups is 1. The van der Waals surface area contributed by atoms with Gasteiger partial charge in [-0.1, -0.05) is 30.3 Å². The molecule has 1 aromatic heterocycles. The fourth-order valence-corrected chi connectivity index (χ4v) is 4.50. The van der Waals surface area contributed by atoms with Crippen molar-refractivity contribution < 1.29 is 9.53 Å². The third-order valence-electron chi connectivity index (χ3n) is 5.60. The van der Waals surface area contributed by atoms with Gasteiger partial charge in [0, 0.05) is 36.5 Å². The van der Waals surface area contributed by atoms with Crippen LogP contribution in [0.25, 0.3) is 5.69 Å². The second-order valence-electron chi connectivity index (χ2n) is 7.52. The molecule has 2 aromatic carbocycles. The van der Waals surface area contributed by atoms with E-state index in [2.05, 4.69) is 70.9 Å². The monoisotopic (exact) mass is 435 g/mol. The molecule has 0 bridgehead atoms. The highest BCUT2D eigenvalue weighted by Crippen LogP contribution is 2.37. The van der Waals surface area contributed by atoms with Crippen molar-refractivity contribution in [1.29, 1.82) is 0 Å². The number of aromatic nitrogens is 1. The Kier molecular flexibility index (Phi) is 6.99. The SMILES string of the molecule is CCOCCCNC(=O)N1Cc2ccccc2-n2cccc2C1c1ccc(SC)cc1. The number of urea groups is 1. The quantitative estimate of drug-likeness (QED) is 0.408. The van der Waals surface area contributed by atoms with Gasteiger partial charge in [0.2, 0.25) is 0 Å². The molecular weight excluding hydrogens is 406 g/mol. The van der Waals surface area contributed by atoms with Gasteiger partial charge in [0.05, 0.1) is 18.3 Å². The molecule has 162 valence electrons. The van der Waals surface area contributed by atoms with Crippen LogP contribution in [0.5, 0.6) is 0 Å². The largest absolute Gasteiger partial charge is 0.382 e. The van der Waals surface area contributed by atoms with Crippen molar-refractivity contribution in [3.63, 3.8) is 0 Å². The Bertz CT molecular complexity index is 1020. The van der Waals surface area contributed by atoms with Crippen molar-refractivity contribution in [2.75, 3.05) is 26.0 Å². The number of fused-ring (bicyclic) bond motifs is 3. The first-order chi connectivity index (χ1) is 15.2. The first kappa shape index (κ1) is 21.5. The van der Waals surface area contributed by atoms with E-state index in [-0.39, 0.29) is 12.1 Å². The van der Waals surface area contributed by atoms with Crippen LogP contribution in [0.4, 0.5) is 4.79 Å². The van der Waals surface area contributed by atoms with Gasteiger partial charge < -0.3 is 19.5 Å². The van der Waals surface area contributed by atoms with Crippen molar-refractivity contribution in [1.82, 2.24) is 14.8 Å². The highest BCUT2D eigenvalue weighted by molar-refractivity contribution is 7.98. The molecule has 1 atom stereocenters. The number of ether oxygens (including phenoxy) is 1. The molecule has 31 heavy (non-hydrogen) atoms. The lowest BCUT2D eigenvalue weighted by molar-refractivity contribution is 0.143. The summed E-state index contributed by atoms with van der Waals surface area (Å²) >= 11 is 1.72. The van der Waals surface area contributed by atoms with Crippen molar-refractivity contribution >= 4 is 17.8 Å². The Balaban J connectivity index is 1.70. The van der Waals surface area contributed by atoms with Gasteiger partial charge in [-0.05, 0) is 61.1 Å². The van der Waals surface area contributed by atoms with Crippen molar-refractivity contribution in [2.24, 2.45) is 0 Å². The smallest absolute Gasteiger partial charge is 0.318 e. The van der Waals surface area contributed by atoms with Gasteiger partial charge in [-0.15, -0.1) is 11.8 Å². The Morgan fingerprint density at radius 1 is 1.13 bits per heavy atom. The highest BCUT2D eigenvalue weighted by atomic mass is 32.2. The molecule has 0 radical (unpaired) electrons. The molecule has 3 aromatic rings. The fourth-order valence-electron chi connectivity index (χ4n) is 4.09. The van der Waals surface area contributed by atoms with Gasteiger partial charge in [0.1, 0.15) is 0 Å². The topological polar surface area (TPSA) is 46.5 Å². The Morgan fingerprint density at radius 2 is 1.94 bits per heavy atom. The Hall–Kier alpha value is -2.70. The molecule has 2 heterocycles. The molecule has 0 saturated carbocycles. The van der Waals surface area contributed by atoms with Crippen LogP contribution in [0.3, 0.4) is 0 Å². The van der Waals surface area contributed by atoms with E-state index in [1.54, 1.807) is 11.8 Å². The average molecular weight is 436 g/mol. The van der Waals surface area contributed by atoms with Gasteiger partial charge in [0.15, 0.2) is 0 Å². The summed E-state index contributed by atoms with van der Waals surface area (Å²) in [7, 11) is 0. The van der Waals surface area contributed by atoms with E-state index in [0.29, 0.717) is 26.3 Å². The predicted octanol–water partition coefficient (Wildman–Crippen LogP) is 5.24. The number of benzene rings is 2. The number of rotatable bonds is 7. The molecule has 6 heteroatoms. The minimum Gasteiger partial charge on any atom is -0.382 e. The molecule has 0 saturated heterocycles. The van der Waals surface area contributed by atoms with Crippen LogP contribution in [0.15, 0.2) is 71.8 Å². The summed E-state index contributed by atoms with van der Waals surface area (Å²) in [6.45, 7) is 4.47. The van der Waals surface area contributed by atoms with Crippen LogP contribution in [0, 0.1) is 0 Å². The minimum atomic E-state index is -0.176. The Labute approximate surface area is 188 Å². The molecule has 1 aliphatic heterocycles. The summed E-state index contributed by atoms with van der Waals surface area (Å²) in [6, 6.07) is 20.8. The maximum atomic E-state index is 13.4. The highest BCUT2D eigenvalue weighted by Gasteiger charge is 2.32. The van der Waals surface area contributed by atoms with Crippen LogP contribution in [-0.2, 0) is 11.3 Å². The van der Waals surface area contributed by atoms with E-state index in [1.165, 1.54) is 4.90 Å². The number of para-hydroxylation sites is 1. The maximum Gasteiger partial charge on any atom is 0.318 e. The van der Waals surface area contributed by atoms with Crippen LogP contribution in [0.1, 0.15) is 36.2 Å². The summed E-state index contributed by atoms with van der Waals surface area (Å²) in [6.07, 6.45) is 4.96. The number of nitrogens with zero attached hydrogens (tertiary/aromatic N) is 2. The molecule has 1 unspecified atom stereocenters. The van der Waals surface area contributed by atoms with E-state index in [4.69, 9.17) is 4.74 Å². The van der Waals surface area contributed by atoms with Crippen molar-refractivity contribution in [3.05, 3.63) is 83.7 Å². The number of hydrogen-bond donors (Lipinski definition) is 1. The standard InChI is InChI=1S/C25H29N3O2S/c1-3-30-17-7-15-26-25(29)28-18-20-8-4-5-9-22(20)27-16-6-10-23(27)24(28)19-11-13-21(31-2)14-12-19/h4-6,8-14,16,24H,3,7,15,17-18H2,1-2H3,(H,26,29). The lowest BCUT2D eigenvalue weighted by Gasteiger charge is -2.31. The van der Waals surface area contributed by atoms with Gasteiger partial charge >= 0.3 is 6.03 Å². The number of hydrogen-bond acceptors (Lipinski definition) is 3. The Morgan fingerprint density at radius 3 is 2.71 bits per heavy atom. The summed E-state index contributed by atoms with van der Waals surface area (Å²) in [4.78, 5) is 16.6. The maximum absolute atomic E-state index is 13.4. The number of carbonyl (C=O) groups is 1. The first-order valence-electron chi connectivity index (χ1n) is 10.7. The summed E-state index contributed by atoms with van der Waals surface area (Å²) < 4.78 is 7.62. The zero-order valence-electron chi connectivity index (χ0n) is 18.1. The lowest BCUT2D eigenvalue weighted by atomic mass is 10.0. The molecular formula is C25H29N3O2S.